The average Bonchev–Trinajstić information content (AvgIpc) is 3.42. The molecule has 0 saturated heterocycles. The molecule has 9 heteroatoms. The van der Waals surface area contributed by atoms with E-state index in [-0.39, 0.29) is 45.4 Å². The van der Waals surface area contributed by atoms with Crippen molar-refractivity contribution in [3.05, 3.63) is 0 Å². The molecule has 8 nitrogen and oxygen atoms in total. The zero-order valence-corrected chi connectivity index (χ0v) is 15.4. The third kappa shape index (κ3) is 13.5. The van der Waals surface area contributed by atoms with Crippen molar-refractivity contribution < 1.29 is 61.3 Å². The van der Waals surface area contributed by atoms with E-state index in [4.69, 9.17) is 20.4 Å². The van der Waals surface area contributed by atoms with Gasteiger partial charge in [0.1, 0.15) is 0 Å². The molecule has 0 aromatic heterocycles. The Labute approximate surface area is 160 Å². The molecule has 0 spiro atoms. The summed E-state index contributed by atoms with van der Waals surface area (Å²) >= 11 is 0. The summed E-state index contributed by atoms with van der Waals surface area (Å²) in [6.45, 7) is 0. The van der Waals surface area contributed by atoms with Crippen molar-refractivity contribution >= 4 is 23.9 Å². The van der Waals surface area contributed by atoms with Crippen molar-refractivity contribution in [3.63, 3.8) is 0 Å². The van der Waals surface area contributed by atoms with Gasteiger partial charge in [-0.1, -0.05) is 0 Å². The number of aliphatic carboxylic acids is 4. The fourth-order valence-electron chi connectivity index (χ4n) is 1.32. The summed E-state index contributed by atoms with van der Waals surface area (Å²) in [6.07, 6.45) is 7.19. The van der Waals surface area contributed by atoms with Gasteiger partial charge in [0.25, 0.3) is 0 Å². The molecule has 140 valence electrons. The predicted octanol–water partition coefficient (Wildman–Crippen LogP) is 1.92. The number of hydrogen-bond acceptors (Lipinski definition) is 4. The first-order valence-electron chi connectivity index (χ1n) is 8.13. The quantitative estimate of drug-likeness (QED) is 0.530. The van der Waals surface area contributed by atoms with E-state index in [2.05, 4.69) is 0 Å². The average molecular weight is 392 g/mol. The van der Waals surface area contributed by atoms with E-state index in [1.807, 2.05) is 0 Å². The zero-order chi connectivity index (χ0) is 18.3. The van der Waals surface area contributed by atoms with Gasteiger partial charge in [0.2, 0.25) is 0 Å². The van der Waals surface area contributed by atoms with Crippen molar-refractivity contribution in [2.45, 2.75) is 51.4 Å². The van der Waals surface area contributed by atoms with Crippen LogP contribution in [0.1, 0.15) is 51.4 Å². The van der Waals surface area contributed by atoms with Gasteiger partial charge in [-0.2, -0.15) is 0 Å². The Balaban J connectivity index is 0.000000303. The third-order valence-electron chi connectivity index (χ3n) is 3.71. The fraction of sp³-hybridized carbons (Fsp3) is 0.750. The third-order valence-corrected chi connectivity index (χ3v) is 3.71. The van der Waals surface area contributed by atoms with Crippen LogP contribution in [-0.4, -0.2) is 44.3 Å². The molecule has 4 fully saturated rings. The van der Waals surface area contributed by atoms with E-state index in [0.717, 1.165) is 51.4 Å². The topological polar surface area (TPSA) is 149 Å². The Hall–Kier alpha value is -1.41. The normalized spacial score (nSPS) is 19.8. The van der Waals surface area contributed by atoms with Crippen LogP contribution in [0.3, 0.4) is 0 Å². The molecular formula is C16H24O8Ti. The van der Waals surface area contributed by atoms with Gasteiger partial charge in [-0.25, -0.2) is 0 Å². The number of carboxylic acids is 4. The maximum Gasteiger partial charge on any atom is 0.306 e. The molecule has 0 aromatic rings. The molecule has 4 aliphatic carbocycles. The molecular weight excluding hydrogens is 368 g/mol. The minimum absolute atomic E-state index is 0. The van der Waals surface area contributed by atoms with Gasteiger partial charge in [0, 0.05) is 21.7 Å². The van der Waals surface area contributed by atoms with Crippen LogP contribution in [0.5, 0.6) is 0 Å². The van der Waals surface area contributed by atoms with Gasteiger partial charge in [-0.05, 0) is 51.4 Å². The number of hydrogen-bond donors (Lipinski definition) is 4. The summed E-state index contributed by atoms with van der Waals surface area (Å²) in [5.41, 5.74) is 0. The summed E-state index contributed by atoms with van der Waals surface area (Å²) in [5.74, 6) is -2.44. The smallest absolute Gasteiger partial charge is 0.306 e. The predicted molar refractivity (Wildman–Crippen MR) is 81.4 cm³/mol. The van der Waals surface area contributed by atoms with Gasteiger partial charge in [0.15, 0.2) is 0 Å². The van der Waals surface area contributed by atoms with E-state index in [9.17, 15) is 19.2 Å². The first kappa shape index (κ1) is 23.6. The van der Waals surface area contributed by atoms with Crippen LogP contribution < -0.4 is 0 Å². The van der Waals surface area contributed by atoms with E-state index < -0.39 is 23.9 Å². The van der Waals surface area contributed by atoms with E-state index >= 15 is 0 Å². The van der Waals surface area contributed by atoms with Gasteiger partial charge in [-0.3, -0.25) is 19.2 Å². The van der Waals surface area contributed by atoms with Crippen LogP contribution >= 0.6 is 0 Å². The van der Waals surface area contributed by atoms with E-state index in [1.54, 1.807) is 0 Å². The van der Waals surface area contributed by atoms with Gasteiger partial charge < -0.3 is 20.4 Å². The monoisotopic (exact) mass is 392 g/mol. The SMILES string of the molecule is O=C(O)C1CC1.O=C(O)C1CC1.O=C(O)C1CC1.O=C(O)C1CC1.[Ti]. The Kier molecular flexibility index (Phi) is 10.6. The van der Waals surface area contributed by atoms with Crippen LogP contribution in [0.25, 0.3) is 0 Å². The second-order valence-electron chi connectivity index (χ2n) is 6.45. The van der Waals surface area contributed by atoms with Crippen molar-refractivity contribution in [1.82, 2.24) is 0 Å². The standard InChI is InChI=1S/4C4H6O2.Ti/c4*5-4(6)3-1-2-3;/h4*3H,1-2H2,(H,5,6);. The summed E-state index contributed by atoms with van der Waals surface area (Å²) < 4.78 is 0. The Morgan fingerprint density at radius 3 is 0.560 bits per heavy atom. The number of carbonyl (C=O) groups is 4. The molecule has 4 N–H and O–H groups in total. The van der Waals surface area contributed by atoms with Gasteiger partial charge >= 0.3 is 23.9 Å². The second-order valence-corrected chi connectivity index (χ2v) is 6.45. The number of rotatable bonds is 4. The van der Waals surface area contributed by atoms with E-state index in [1.165, 1.54) is 0 Å². The molecule has 0 atom stereocenters. The first-order chi connectivity index (χ1) is 11.2. The minimum Gasteiger partial charge on any atom is -0.481 e. The van der Waals surface area contributed by atoms with Crippen LogP contribution in [0, 0.1) is 23.7 Å². The Bertz CT molecular complexity index is 389. The summed E-state index contributed by atoms with van der Waals surface area (Å²) in [7, 11) is 0. The maximum atomic E-state index is 9.76. The van der Waals surface area contributed by atoms with Crippen LogP contribution in [0.2, 0.25) is 0 Å². The molecule has 4 saturated carbocycles. The minimum atomic E-state index is -0.630. The summed E-state index contributed by atoms with van der Waals surface area (Å²) in [6, 6.07) is 0. The molecule has 0 unspecified atom stereocenters. The molecule has 0 heterocycles. The van der Waals surface area contributed by atoms with Gasteiger partial charge in [0.05, 0.1) is 23.7 Å². The van der Waals surface area contributed by atoms with Crippen molar-refractivity contribution in [2.75, 3.05) is 0 Å². The molecule has 0 aromatic carbocycles. The second kappa shape index (κ2) is 11.3. The molecule has 0 amide bonds. The maximum absolute atomic E-state index is 9.76. The van der Waals surface area contributed by atoms with Crippen molar-refractivity contribution in [3.8, 4) is 0 Å². The number of carboxylic acid groups (broad SMARTS) is 4. The van der Waals surface area contributed by atoms with Crippen LogP contribution in [0.4, 0.5) is 0 Å². The Morgan fingerprint density at radius 2 is 0.560 bits per heavy atom. The first-order valence-corrected chi connectivity index (χ1v) is 8.13. The van der Waals surface area contributed by atoms with Crippen LogP contribution in [0.15, 0.2) is 0 Å². The molecule has 0 bridgehead atoms. The summed E-state index contributed by atoms with van der Waals surface area (Å²) in [4.78, 5) is 39.0. The van der Waals surface area contributed by atoms with Crippen molar-refractivity contribution in [2.24, 2.45) is 23.7 Å². The summed E-state index contributed by atoms with van der Waals surface area (Å²) in [5, 5.41) is 32.2. The van der Waals surface area contributed by atoms with Gasteiger partial charge in [-0.15, -0.1) is 0 Å². The molecule has 0 radical (unpaired) electrons. The molecule has 25 heavy (non-hydrogen) atoms. The van der Waals surface area contributed by atoms with Crippen molar-refractivity contribution in [1.29, 1.82) is 0 Å². The fourth-order valence-corrected chi connectivity index (χ4v) is 1.32. The largest absolute Gasteiger partial charge is 0.481 e. The molecule has 0 aliphatic heterocycles. The van der Waals surface area contributed by atoms with Crippen LogP contribution in [-0.2, 0) is 40.9 Å². The van der Waals surface area contributed by atoms with E-state index in [0.29, 0.717) is 0 Å². The molecule has 4 aliphatic rings. The molecule has 4 rings (SSSR count). The Morgan fingerprint density at radius 1 is 0.440 bits per heavy atom. The zero-order valence-electron chi connectivity index (χ0n) is 13.9.